The van der Waals surface area contributed by atoms with Crippen molar-refractivity contribution in [3.05, 3.63) is 93.6 Å². The van der Waals surface area contributed by atoms with Gasteiger partial charge >= 0.3 is 0 Å². The maximum absolute atomic E-state index is 13.0. The molecular formula is C27H23Cl2N3O4. The molecule has 0 saturated carbocycles. The molecule has 0 aromatic heterocycles. The number of rotatable bonds is 7. The Bertz CT molecular complexity index is 1370. The van der Waals surface area contributed by atoms with Gasteiger partial charge in [-0.3, -0.25) is 14.4 Å². The van der Waals surface area contributed by atoms with E-state index in [1.165, 1.54) is 7.11 Å². The van der Waals surface area contributed by atoms with E-state index in [-0.39, 0.29) is 16.6 Å². The van der Waals surface area contributed by atoms with E-state index in [0.29, 0.717) is 39.3 Å². The second-order valence-electron chi connectivity index (χ2n) is 8.38. The van der Waals surface area contributed by atoms with E-state index in [2.05, 4.69) is 24.5 Å². The fourth-order valence-electron chi connectivity index (χ4n) is 3.68. The van der Waals surface area contributed by atoms with Crippen molar-refractivity contribution in [1.29, 1.82) is 0 Å². The Morgan fingerprint density at radius 1 is 0.917 bits per heavy atom. The van der Waals surface area contributed by atoms with E-state index in [4.69, 9.17) is 27.9 Å². The molecule has 36 heavy (non-hydrogen) atoms. The van der Waals surface area contributed by atoms with Crippen LogP contribution in [0.2, 0.25) is 5.02 Å². The average Bonchev–Trinajstić information content (AvgIpc) is 3.07. The lowest BCUT2D eigenvalue weighted by atomic mass is 10.0. The number of carbonyl (C=O) groups is 3. The average molecular weight is 524 g/mol. The molecule has 3 aromatic rings. The van der Waals surface area contributed by atoms with Crippen molar-refractivity contribution in [2.24, 2.45) is 0 Å². The van der Waals surface area contributed by atoms with Crippen LogP contribution in [-0.2, 0) is 9.59 Å². The molecule has 0 bridgehead atoms. The lowest BCUT2D eigenvalue weighted by Crippen LogP contribution is -2.32. The largest absolute Gasteiger partial charge is 0.495 e. The molecule has 2 N–H and O–H groups in total. The highest BCUT2D eigenvalue weighted by Crippen LogP contribution is 2.31. The molecule has 0 fully saturated rings. The highest BCUT2D eigenvalue weighted by molar-refractivity contribution is 6.53. The summed E-state index contributed by atoms with van der Waals surface area (Å²) < 4.78 is 5.25. The molecule has 0 aliphatic carbocycles. The lowest BCUT2D eigenvalue weighted by molar-refractivity contribution is -0.120. The van der Waals surface area contributed by atoms with Crippen LogP contribution in [0.4, 0.5) is 17.1 Å². The Morgan fingerprint density at radius 3 is 2.19 bits per heavy atom. The number of imide groups is 1. The van der Waals surface area contributed by atoms with E-state index in [9.17, 15) is 14.4 Å². The van der Waals surface area contributed by atoms with Gasteiger partial charge in [-0.1, -0.05) is 49.2 Å². The van der Waals surface area contributed by atoms with Crippen molar-refractivity contribution in [2.45, 2.75) is 19.8 Å². The van der Waals surface area contributed by atoms with E-state index in [0.717, 1.165) is 10.5 Å². The van der Waals surface area contributed by atoms with Crippen molar-refractivity contribution in [3.8, 4) is 5.75 Å². The van der Waals surface area contributed by atoms with Crippen LogP contribution < -0.4 is 20.3 Å². The van der Waals surface area contributed by atoms with Crippen LogP contribution in [0.1, 0.15) is 35.7 Å². The molecule has 1 heterocycles. The molecule has 0 radical (unpaired) electrons. The van der Waals surface area contributed by atoms with Crippen LogP contribution in [0.25, 0.3) is 0 Å². The molecule has 184 valence electrons. The number of amides is 3. The summed E-state index contributed by atoms with van der Waals surface area (Å²) in [7, 11) is 1.50. The van der Waals surface area contributed by atoms with Crippen molar-refractivity contribution in [3.63, 3.8) is 0 Å². The van der Waals surface area contributed by atoms with Gasteiger partial charge in [0.05, 0.1) is 18.5 Å². The predicted octanol–water partition coefficient (Wildman–Crippen LogP) is 6.16. The molecule has 4 rings (SSSR count). The second-order valence-corrected chi connectivity index (χ2v) is 9.20. The predicted molar refractivity (Wildman–Crippen MR) is 142 cm³/mol. The van der Waals surface area contributed by atoms with E-state index in [1.54, 1.807) is 54.6 Å². The first-order valence-corrected chi connectivity index (χ1v) is 11.9. The first-order chi connectivity index (χ1) is 17.2. The number of nitrogens with one attached hydrogen (secondary N) is 2. The molecule has 0 atom stereocenters. The van der Waals surface area contributed by atoms with Gasteiger partial charge in [0.15, 0.2) is 0 Å². The number of nitrogens with zero attached hydrogens (tertiary/aromatic N) is 1. The zero-order valence-corrected chi connectivity index (χ0v) is 21.3. The Hall–Kier alpha value is -3.81. The summed E-state index contributed by atoms with van der Waals surface area (Å²) in [5, 5.41) is 5.92. The summed E-state index contributed by atoms with van der Waals surface area (Å²) in [6, 6.07) is 18.5. The Balaban J connectivity index is 1.48. The molecular weight excluding hydrogens is 501 g/mol. The van der Waals surface area contributed by atoms with E-state index in [1.807, 2.05) is 12.1 Å². The van der Waals surface area contributed by atoms with Gasteiger partial charge in [0.25, 0.3) is 17.7 Å². The summed E-state index contributed by atoms with van der Waals surface area (Å²) in [6.07, 6.45) is 0. The lowest BCUT2D eigenvalue weighted by Gasteiger charge is -2.16. The van der Waals surface area contributed by atoms with Gasteiger partial charge < -0.3 is 15.4 Å². The smallest absolute Gasteiger partial charge is 0.283 e. The normalized spacial score (nSPS) is 13.4. The number of anilines is 3. The van der Waals surface area contributed by atoms with Crippen molar-refractivity contribution < 1.29 is 19.1 Å². The first-order valence-electron chi connectivity index (χ1n) is 11.1. The van der Waals surface area contributed by atoms with Gasteiger partial charge in [-0.2, -0.15) is 0 Å². The van der Waals surface area contributed by atoms with Gasteiger partial charge in [0.1, 0.15) is 16.5 Å². The van der Waals surface area contributed by atoms with Crippen molar-refractivity contribution in [2.75, 3.05) is 22.6 Å². The Labute approximate surface area is 218 Å². The second kappa shape index (κ2) is 10.4. The van der Waals surface area contributed by atoms with Gasteiger partial charge in [0.2, 0.25) is 0 Å². The summed E-state index contributed by atoms with van der Waals surface area (Å²) in [6.45, 7) is 4.12. The van der Waals surface area contributed by atoms with E-state index < -0.39 is 11.8 Å². The molecule has 3 aromatic carbocycles. The molecule has 3 amide bonds. The topological polar surface area (TPSA) is 87.7 Å². The Kier molecular flexibility index (Phi) is 7.33. The van der Waals surface area contributed by atoms with Crippen LogP contribution >= 0.6 is 23.2 Å². The first kappa shape index (κ1) is 25.3. The van der Waals surface area contributed by atoms with Crippen LogP contribution in [0.5, 0.6) is 5.75 Å². The minimum Gasteiger partial charge on any atom is -0.495 e. The number of methoxy groups -OCH3 is 1. The number of hydrogen-bond donors (Lipinski definition) is 2. The molecule has 1 aliphatic rings. The fraction of sp³-hybridized carbons (Fsp3) is 0.148. The maximum atomic E-state index is 13.0. The third kappa shape index (κ3) is 5.08. The minimum atomic E-state index is -0.604. The summed E-state index contributed by atoms with van der Waals surface area (Å²) in [4.78, 5) is 39.5. The van der Waals surface area contributed by atoms with Crippen LogP contribution in [-0.4, -0.2) is 24.8 Å². The summed E-state index contributed by atoms with van der Waals surface area (Å²) in [5.41, 5.74) is 2.78. The van der Waals surface area contributed by atoms with Crippen LogP contribution in [0.3, 0.4) is 0 Å². The van der Waals surface area contributed by atoms with Gasteiger partial charge in [-0.15, -0.1) is 0 Å². The SMILES string of the molecule is COc1ccc(Cl)cc1NC(=O)c1ccc(NC2=C(Cl)C(=O)N(c3ccc(C(C)C)cc3)C2=O)cc1. The summed E-state index contributed by atoms with van der Waals surface area (Å²) in [5.74, 6) is -0.742. The van der Waals surface area contributed by atoms with Gasteiger partial charge in [-0.25, -0.2) is 4.90 Å². The third-order valence-electron chi connectivity index (χ3n) is 5.67. The molecule has 0 saturated heterocycles. The van der Waals surface area contributed by atoms with Crippen LogP contribution in [0, 0.1) is 0 Å². The molecule has 1 aliphatic heterocycles. The maximum Gasteiger partial charge on any atom is 0.283 e. The number of halogens is 2. The third-order valence-corrected chi connectivity index (χ3v) is 6.26. The standard InChI is InChI=1S/C27H23Cl2N3O4/c1-15(2)16-6-11-20(12-7-16)32-26(34)23(29)24(27(32)35)30-19-9-4-17(5-10-19)25(33)31-21-14-18(28)8-13-22(21)36-3/h4-15,30H,1-3H3,(H,31,33). The zero-order valence-electron chi connectivity index (χ0n) is 19.8. The van der Waals surface area contributed by atoms with Gasteiger partial charge in [-0.05, 0) is 66.1 Å². The van der Waals surface area contributed by atoms with E-state index >= 15 is 0 Å². The van der Waals surface area contributed by atoms with Crippen LogP contribution in [0.15, 0.2) is 77.5 Å². The number of benzene rings is 3. The van der Waals surface area contributed by atoms with Crippen molar-refractivity contribution in [1.82, 2.24) is 0 Å². The number of ether oxygens (including phenoxy) is 1. The monoisotopic (exact) mass is 523 g/mol. The Morgan fingerprint density at radius 2 is 1.58 bits per heavy atom. The zero-order chi connectivity index (χ0) is 26.0. The quantitative estimate of drug-likeness (QED) is 0.362. The highest BCUT2D eigenvalue weighted by Gasteiger charge is 2.39. The summed E-state index contributed by atoms with van der Waals surface area (Å²) >= 11 is 12.3. The number of carbonyl (C=O) groups excluding carboxylic acids is 3. The van der Waals surface area contributed by atoms with Crippen molar-refractivity contribution >= 4 is 58.0 Å². The minimum absolute atomic E-state index is 0.0320. The van der Waals surface area contributed by atoms with Gasteiger partial charge in [0, 0.05) is 16.3 Å². The highest BCUT2D eigenvalue weighted by atomic mass is 35.5. The molecule has 0 spiro atoms. The fourth-order valence-corrected chi connectivity index (χ4v) is 4.06. The number of hydrogen-bond acceptors (Lipinski definition) is 5. The molecule has 7 nitrogen and oxygen atoms in total. The molecule has 9 heteroatoms. The molecule has 0 unspecified atom stereocenters.